The number of ketones is 1. The second kappa shape index (κ2) is 11.9. The molecule has 0 bridgehead atoms. The molecule has 3 rings (SSSR count). The summed E-state index contributed by atoms with van der Waals surface area (Å²) < 4.78 is 4.96. The zero-order valence-electron chi connectivity index (χ0n) is 17.8. The highest BCUT2D eigenvalue weighted by Crippen LogP contribution is 2.28. The monoisotopic (exact) mass is 501 g/mol. The highest BCUT2D eigenvalue weighted by molar-refractivity contribution is 7.99. The van der Waals surface area contributed by atoms with Gasteiger partial charge in [-0.05, 0) is 61.5 Å². The van der Waals surface area contributed by atoms with Gasteiger partial charge >= 0.3 is 5.97 Å². The van der Waals surface area contributed by atoms with Crippen molar-refractivity contribution in [1.82, 2.24) is 0 Å². The highest BCUT2D eigenvalue weighted by Gasteiger charge is 2.14. The van der Waals surface area contributed by atoms with Crippen molar-refractivity contribution in [2.45, 2.75) is 29.6 Å². The number of benzene rings is 3. The van der Waals surface area contributed by atoms with Gasteiger partial charge in [-0.3, -0.25) is 14.4 Å². The Bertz CT molecular complexity index is 1150. The van der Waals surface area contributed by atoms with Crippen LogP contribution < -0.4 is 5.32 Å². The van der Waals surface area contributed by atoms with Crippen LogP contribution in [-0.4, -0.2) is 24.3 Å². The summed E-state index contributed by atoms with van der Waals surface area (Å²) in [4.78, 5) is 38.4. The number of nitrogens with one attached hydrogen (secondary N) is 1. The van der Waals surface area contributed by atoms with Gasteiger partial charge in [0.25, 0.3) is 0 Å². The maximum Gasteiger partial charge on any atom is 0.306 e. The molecule has 170 valence electrons. The lowest BCUT2D eigenvalue weighted by Gasteiger charge is -2.08. The van der Waals surface area contributed by atoms with E-state index in [4.69, 9.17) is 27.9 Å². The summed E-state index contributed by atoms with van der Waals surface area (Å²) in [5, 5.41) is 3.33. The third-order valence-corrected chi connectivity index (χ3v) is 6.11. The molecular formula is C25H21Cl2NO4S. The molecule has 0 unspecified atom stereocenters. The Balaban J connectivity index is 1.40. The van der Waals surface area contributed by atoms with E-state index >= 15 is 0 Å². The Morgan fingerprint density at radius 3 is 2.15 bits per heavy atom. The molecule has 0 spiro atoms. The predicted molar refractivity (Wildman–Crippen MR) is 131 cm³/mol. The van der Waals surface area contributed by atoms with Gasteiger partial charge in [-0.15, -0.1) is 0 Å². The minimum atomic E-state index is -0.645. The van der Waals surface area contributed by atoms with E-state index in [2.05, 4.69) is 29.6 Å². The van der Waals surface area contributed by atoms with Gasteiger partial charge in [0.05, 0.1) is 11.4 Å². The predicted octanol–water partition coefficient (Wildman–Crippen LogP) is 6.60. The molecule has 8 heteroatoms. The van der Waals surface area contributed by atoms with Gasteiger partial charge in [-0.2, -0.15) is 0 Å². The molecule has 33 heavy (non-hydrogen) atoms. The first kappa shape index (κ1) is 24.8. The average molecular weight is 502 g/mol. The number of esters is 1. The Kier molecular flexibility index (Phi) is 8.95. The van der Waals surface area contributed by atoms with Crippen molar-refractivity contribution >= 4 is 58.3 Å². The van der Waals surface area contributed by atoms with E-state index in [0.717, 1.165) is 9.79 Å². The molecule has 1 amide bonds. The molecular weight excluding hydrogens is 481 g/mol. The molecule has 0 fully saturated rings. The molecule has 0 atom stereocenters. The maximum atomic E-state index is 12.1. The first-order chi connectivity index (χ1) is 15.8. The minimum Gasteiger partial charge on any atom is -0.457 e. The lowest BCUT2D eigenvalue weighted by atomic mass is 10.1. The smallest absolute Gasteiger partial charge is 0.306 e. The van der Waals surface area contributed by atoms with Gasteiger partial charge in [-0.1, -0.05) is 52.7 Å². The quantitative estimate of drug-likeness (QED) is 0.264. The van der Waals surface area contributed by atoms with E-state index in [0.29, 0.717) is 10.7 Å². The van der Waals surface area contributed by atoms with Crippen LogP contribution in [0.25, 0.3) is 0 Å². The lowest BCUT2D eigenvalue weighted by molar-refractivity contribution is -0.143. The summed E-state index contributed by atoms with van der Waals surface area (Å²) in [6, 6.07) is 20.1. The number of anilines is 1. The Hall–Kier alpha value is -2.80. The SMILES string of the molecule is Cc1ccc(Sc2ccc(NC(=O)CCC(=O)OCC(=O)c3ccc(Cl)cc3Cl)cc2)cc1. The number of carbonyl (C=O) groups excluding carboxylic acids is 3. The maximum absolute atomic E-state index is 12.1. The van der Waals surface area contributed by atoms with Gasteiger partial charge in [0, 0.05) is 32.5 Å². The van der Waals surface area contributed by atoms with Crippen molar-refractivity contribution in [3.8, 4) is 0 Å². The summed E-state index contributed by atoms with van der Waals surface area (Å²) >= 11 is 13.4. The zero-order chi connectivity index (χ0) is 23.8. The highest BCUT2D eigenvalue weighted by atomic mass is 35.5. The summed E-state index contributed by atoms with van der Waals surface area (Å²) in [5.74, 6) is -1.41. The topological polar surface area (TPSA) is 72.5 Å². The lowest BCUT2D eigenvalue weighted by Crippen LogP contribution is -2.17. The molecule has 3 aromatic rings. The standard InChI is InChI=1S/C25H21Cl2NO4S/c1-16-2-7-19(8-3-16)33-20-9-5-18(6-10-20)28-24(30)12-13-25(31)32-15-23(29)21-11-4-17(26)14-22(21)27/h2-11,14H,12-13,15H2,1H3,(H,28,30). The van der Waals surface area contributed by atoms with Crippen LogP contribution in [0, 0.1) is 6.92 Å². The van der Waals surface area contributed by atoms with Crippen molar-refractivity contribution in [3.05, 3.63) is 87.9 Å². The fourth-order valence-electron chi connectivity index (χ4n) is 2.80. The van der Waals surface area contributed by atoms with E-state index in [9.17, 15) is 14.4 Å². The van der Waals surface area contributed by atoms with Crippen LogP contribution in [0.1, 0.15) is 28.8 Å². The van der Waals surface area contributed by atoms with Crippen LogP contribution in [0.15, 0.2) is 76.5 Å². The second-order valence-electron chi connectivity index (χ2n) is 7.20. The molecule has 0 saturated heterocycles. The van der Waals surface area contributed by atoms with E-state index in [-0.39, 0.29) is 29.3 Å². The largest absolute Gasteiger partial charge is 0.457 e. The van der Waals surface area contributed by atoms with E-state index in [1.165, 1.54) is 23.8 Å². The Morgan fingerprint density at radius 1 is 0.879 bits per heavy atom. The number of hydrogen-bond acceptors (Lipinski definition) is 5. The first-order valence-corrected chi connectivity index (χ1v) is 11.7. The Morgan fingerprint density at radius 2 is 1.52 bits per heavy atom. The second-order valence-corrected chi connectivity index (χ2v) is 9.19. The minimum absolute atomic E-state index is 0.0609. The first-order valence-electron chi connectivity index (χ1n) is 10.1. The average Bonchev–Trinajstić information content (AvgIpc) is 2.79. The third-order valence-electron chi connectivity index (χ3n) is 4.55. The summed E-state index contributed by atoms with van der Waals surface area (Å²) in [6.07, 6.45) is -0.205. The number of halogens is 2. The molecule has 0 aliphatic carbocycles. The molecule has 1 N–H and O–H groups in total. The van der Waals surface area contributed by atoms with Crippen molar-refractivity contribution in [3.63, 3.8) is 0 Å². The molecule has 0 aliphatic rings. The van der Waals surface area contributed by atoms with Gasteiger partial charge in [-0.25, -0.2) is 0 Å². The van der Waals surface area contributed by atoms with Crippen LogP contribution in [0.2, 0.25) is 10.0 Å². The number of aryl methyl sites for hydroxylation is 1. The summed E-state index contributed by atoms with van der Waals surface area (Å²) in [5.41, 5.74) is 2.06. The normalized spacial score (nSPS) is 10.5. The fourth-order valence-corrected chi connectivity index (χ4v) is 4.13. The van der Waals surface area contributed by atoms with Crippen molar-refractivity contribution in [1.29, 1.82) is 0 Å². The van der Waals surface area contributed by atoms with E-state index in [1.54, 1.807) is 23.9 Å². The summed E-state index contributed by atoms with van der Waals surface area (Å²) in [6.45, 7) is 1.59. The summed E-state index contributed by atoms with van der Waals surface area (Å²) in [7, 11) is 0. The Labute approximate surface area is 206 Å². The van der Waals surface area contributed by atoms with E-state index < -0.39 is 18.4 Å². The number of amides is 1. The van der Waals surface area contributed by atoms with Crippen molar-refractivity contribution in [2.75, 3.05) is 11.9 Å². The number of ether oxygens (including phenoxy) is 1. The molecule has 5 nitrogen and oxygen atoms in total. The van der Waals surface area contributed by atoms with Gasteiger partial charge in [0.15, 0.2) is 6.61 Å². The number of hydrogen-bond donors (Lipinski definition) is 1. The van der Waals surface area contributed by atoms with Crippen LogP contribution in [0.4, 0.5) is 5.69 Å². The third kappa shape index (κ3) is 7.93. The van der Waals surface area contributed by atoms with E-state index in [1.807, 2.05) is 19.1 Å². The molecule has 0 heterocycles. The van der Waals surface area contributed by atoms with Crippen LogP contribution in [0.3, 0.4) is 0 Å². The molecule has 0 radical (unpaired) electrons. The van der Waals surface area contributed by atoms with Crippen LogP contribution in [-0.2, 0) is 14.3 Å². The van der Waals surface area contributed by atoms with Crippen molar-refractivity contribution < 1.29 is 19.1 Å². The zero-order valence-corrected chi connectivity index (χ0v) is 20.1. The molecule has 3 aromatic carbocycles. The van der Waals surface area contributed by atoms with Gasteiger partial charge in [0.2, 0.25) is 11.7 Å². The van der Waals surface area contributed by atoms with Gasteiger partial charge < -0.3 is 10.1 Å². The molecule has 0 aromatic heterocycles. The number of carbonyl (C=O) groups is 3. The molecule has 0 aliphatic heterocycles. The number of rotatable bonds is 9. The fraction of sp³-hybridized carbons (Fsp3) is 0.160. The van der Waals surface area contributed by atoms with Crippen LogP contribution >= 0.6 is 35.0 Å². The van der Waals surface area contributed by atoms with Crippen LogP contribution in [0.5, 0.6) is 0 Å². The van der Waals surface area contributed by atoms with Crippen molar-refractivity contribution in [2.24, 2.45) is 0 Å². The number of Topliss-reactive ketones (excluding diaryl/α,β-unsaturated/α-hetero) is 1. The van der Waals surface area contributed by atoms with Gasteiger partial charge in [0.1, 0.15) is 0 Å². The molecule has 0 saturated carbocycles.